The lowest BCUT2D eigenvalue weighted by atomic mass is 10.1. The molecule has 29 heavy (non-hydrogen) atoms. The van der Waals surface area contributed by atoms with Gasteiger partial charge in [-0.05, 0) is 25.0 Å². The maximum Gasteiger partial charge on any atom is 0.360 e. The van der Waals surface area contributed by atoms with Crippen LogP contribution in [0.2, 0.25) is 0 Å². The number of anilines is 1. The number of aromatic nitrogens is 5. The molecule has 5 rings (SSSR count). The number of nitrogens with one attached hydrogen (secondary N) is 1. The van der Waals surface area contributed by atoms with E-state index in [1.54, 1.807) is 24.3 Å². The highest BCUT2D eigenvalue weighted by molar-refractivity contribution is 5.75. The predicted octanol–water partition coefficient (Wildman–Crippen LogP) is 0.597. The van der Waals surface area contributed by atoms with Crippen LogP contribution in [0.4, 0.5) is 5.95 Å². The highest BCUT2D eigenvalue weighted by Gasteiger charge is 2.21. The molecule has 148 valence electrons. The van der Waals surface area contributed by atoms with Gasteiger partial charge in [0.15, 0.2) is 5.58 Å². The third-order valence-electron chi connectivity index (χ3n) is 5.10. The van der Waals surface area contributed by atoms with Crippen LogP contribution >= 0.6 is 0 Å². The first-order valence-electron chi connectivity index (χ1n) is 9.43. The van der Waals surface area contributed by atoms with Crippen molar-refractivity contribution in [1.29, 1.82) is 0 Å². The van der Waals surface area contributed by atoms with Gasteiger partial charge in [-0.15, -0.1) is 0 Å². The standard InChI is InChI=1S/C19H19N7O3/c20-11-4-3-7-25(9-11)19-23-13-8-21-26(17(27)16(13)24-19)10-14-18(28)29-15-6-2-1-5-12(15)22-14/h1-2,5-6,8,11H,3-4,7,9-10,20H2,(H,23,24). The zero-order chi connectivity index (χ0) is 20.0. The Balaban J connectivity index is 1.51. The van der Waals surface area contributed by atoms with Gasteiger partial charge in [0.25, 0.3) is 5.56 Å². The van der Waals surface area contributed by atoms with E-state index in [2.05, 4.69) is 20.1 Å². The molecule has 0 radical (unpaired) electrons. The summed E-state index contributed by atoms with van der Waals surface area (Å²) in [6.07, 6.45) is 3.46. The van der Waals surface area contributed by atoms with Gasteiger partial charge in [-0.2, -0.15) is 5.10 Å². The van der Waals surface area contributed by atoms with Gasteiger partial charge in [0.05, 0.1) is 12.7 Å². The van der Waals surface area contributed by atoms with Crippen LogP contribution in [0.25, 0.3) is 22.1 Å². The van der Waals surface area contributed by atoms with Crippen molar-refractivity contribution in [1.82, 2.24) is 24.7 Å². The fourth-order valence-corrected chi connectivity index (χ4v) is 3.63. The Morgan fingerprint density at radius 1 is 1.21 bits per heavy atom. The molecular formula is C19H19N7O3. The van der Waals surface area contributed by atoms with Gasteiger partial charge in [0, 0.05) is 19.1 Å². The highest BCUT2D eigenvalue weighted by Crippen LogP contribution is 2.18. The van der Waals surface area contributed by atoms with Gasteiger partial charge < -0.3 is 20.0 Å². The molecule has 3 aromatic heterocycles. The van der Waals surface area contributed by atoms with Crippen LogP contribution in [-0.4, -0.2) is 43.9 Å². The number of rotatable bonds is 3. The smallest absolute Gasteiger partial charge is 0.360 e. The van der Waals surface area contributed by atoms with Crippen molar-refractivity contribution in [3.8, 4) is 0 Å². The van der Waals surface area contributed by atoms with Crippen molar-refractivity contribution in [3.63, 3.8) is 0 Å². The third-order valence-corrected chi connectivity index (χ3v) is 5.10. The molecule has 1 unspecified atom stereocenters. The summed E-state index contributed by atoms with van der Waals surface area (Å²) in [6.45, 7) is 1.42. The Kier molecular flexibility index (Phi) is 4.13. The first-order chi connectivity index (χ1) is 14.1. The van der Waals surface area contributed by atoms with Crippen LogP contribution < -0.4 is 21.8 Å². The second kappa shape index (κ2) is 6.82. The van der Waals surface area contributed by atoms with Gasteiger partial charge in [-0.1, -0.05) is 12.1 Å². The molecule has 1 aromatic carbocycles. The van der Waals surface area contributed by atoms with Gasteiger partial charge in [0.1, 0.15) is 22.2 Å². The van der Waals surface area contributed by atoms with E-state index in [4.69, 9.17) is 10.2 Å². The quantitative estimate of drug-likeness (QED) is 0.516. The topological polar surface area (TPSA) is 136 Å². The van der Waals surface area contributed by atoms with Crippen LogP contribution in [0.15, 0.2) is 44.5 Å². The van der Waals surface area contributed by atoms with E-state index in [0.717, 1.165) is 19.4 Å². The zero-order valence-electron chi connectivity index (χ0n) is 15.5. The van der Waals surface area contributed by atoms with E-state index in [9.17, 15) is 9.59 Å². The van der Waals surface area contributed by atoms with Crippen molar-refractivity contribution < 1.29 is 4.42 Å². The number of fused-ring (bicyclic) bond motifs is 2. The molecule has 4 aromatic rings. The van der Waals surface area contributed by atoms with Crippen molar-refractivity contribution in [2.75, 3.05) is 18.0 Å². The minimum Gasteiger partial charge on any atom is -0.420 e. The summed E-state index contributed by atoms with van der Waals surface area (Å²) in [5.41, 5.74) is 6.93. The molecule has 1 fully saturated rings. The maximum atomic E-state index is 12.9. The maximum absolute atomic E-state index is 12.9. The van der Waals surface area contributed by atoms with Crippen molar-refractivity contribution >= 4 is 28.1 Å². The lowest BCUT2D eigenvalue weighted by Gasteiger charge is -2.30. The van der Waals surface area contributed by atoms with Crippen molar-refractivity contribution in [2.24, 2.45) is 5.73 Å². The summed E-state index contributed by atoms with van der Waals surface area (Å²) in [4.78, 5) is 39.1. The number of hydrogen-bond donors (Lipinski definition) is 2. The average molecular weight is 393 g/mol. The molecule has 1 atom stereocenters. The molecule has 1 aliphatic rings. The molecule has 0 aliphatic carbocycles. The van der Waals surface area contributed by atoms with E-state index < -0.39 is 5.63 Å². The summed E-state index contributed by atoms with van der Waals surface area (Å²) in [5, 5.41) is 4.15. The summed E-state index contributed by atoms with van der Waals surface area (Å²) < 4.78 is 6.47. The first-order valence-corrected chi connectivity index (χ1v) is 9.43. The van der Waals surface area contributed by atoms with Gasteiger partial charge >= 0.3 is 5.63 Å². The number of para-hydroxylation sites is 2. The molecule has 10 heteroatoms. The van der Waals surface area contributed by atoms with Gasteiger partial charge in [-0.25, -0.2) is 19.4 Å². The SMILES string of the molecule is NC1CCCN(c2nc3cnn(Cc4nc5ccccc5oc4=O)c(=O)c3[nH]2)C1. The van der Waals surface area contributed by atoms with E-state index in [1.807, 2.05) is 4.90 Å². The average Bonchev–Trinajstić information content (AvgIpc) is 3.16. The fraction of sp³-hybridized carbons (Fsp3) is 0.316. The van der Waals surface area contributed by atoms with Crippen LogP contribution in [0.3, 0.4) is 0 Å². The van der Waals surface area contributed by atoms with Crippen molar-refractivity contribution in [3.05, 3.63) is 56.9 Å². The molecule has 10 nitrogen and oxygen atoms in total. The van der Waals surface area contributed by atoms with E-state index in [1.165, 1.54) is 10.9 Å². The molecular weight excluding hydrogens is 374 g/mol. The fourth-order valence-electron chi connectivity index (χ4n) is 3.63. The minimum absolute atomic E-state index is 0.0879. The molecule has 0 saturated carbocycles. The van der Waals surface area contributed by atoms with E-state index in [-0.39, 0.29) is 23.8 Å². The molecule has 1 aliphatic heterocycles. The Morgan fingerprint density at radius 3 is 2.93 bits per heavy atom. The summed E-state index contributed by atoms with van der Waals surface area (Å²) in [7, 11) is 0. The number of H-pyrrole nitrogens is 1. The van der Waals surface area contributed by atoms with Gasteiger partial charge in [0.2, 0.25) is 5.95 Å². The lowest BCUT2D eigenvalue weighted by Crippen LogP contribution is -2.43. The van der Waals surface area contributed by atoms with E-state index >= 15 is 0 Å². The summed E-state index contributed by atoms with van der Waals surface area (Å²) in [6, 6.07) is 7.06. The number of nitrogens with zero attached hydrogens (tertiary/aromatic N) is 5. The van der Waals surface area contributed by atoms with Crippen LogP contribution in [-0.2, 0) is 6.54 Å². The largest absolute Gasteiger partial charge is 0.420 e. The third kappa shape index (κ3) is 3.17. The number of hydrogen-bond acceptors (Lipinski definition) is 8. The van der Waals surface area contributed by atoms with Crippen molar-refractivity contribution in [2.45, 2.75) is 25.4 Å². The number of imidazole rings is 1. The zero-order valence-corrected chi connectivity index (χ0v) is 15.5. The predicted molar refractivity (Wildman–Crippen MR) is 107 cm³/mol. The van der Waals surface area contributed by atoms with E-state index in [0.29, 0.717) is 34.6 Å². The lowest BCUT2D eigenvalue weighted by molar-refractivity contribution is 0.501. The second-order valence-electron chi connectivity index (χ2n) is 7.19. The number of aromatic amines is 1. The Bertz CT molecular complexity index is 1320. The summed E-state index contributed by atoms with van der Waals surface area (Å²) >= 11 is 0. The number of piperidine rings is 1. The molecule has 0 spiro atoms. The molecule has 0 amide bonds. The number of nitrogens with two attached hydrogens (primary N) is 1. The van der Waals surface area contributed by atoms with Crippen LogP contribution in [0.5, 0.6) is 0 Å². The van der Waals surface area contributed by atoms with Crippen LogP contribution in [0.1, 0.15) is 18.5 Å². The molecule has 3 N–H and O–H groups in total. The molecule has 1 saturated heterocycles. The monoisotopic (exact) mass is 393 g/mol. The first kappa shape index (κ1) is 17.6. The Morgan fingerprint density at radius 2 is 2.07 bits per heavy atom. The molecule has 4 heterocycles. The second-order valence-corrected chi connectivity index (χ2v) is 7.19. The number of benzene rings is 1. The molecule has 0 bridgehead atoms. The Hall–Kier alpha value is -3.53. The normalized spacial score (nSPS) is 17.3. The Labute approximate surface area is 164 Å². The highest BCUT2D eigenvalue weighted by atomic mass is 16.4. The summed E-state index contributed by atoms with van der Waals surface area (Å²) in [5.74, 6) is 0.607. The van der Waals surface area contributed by atoms with Gasteiger partial charge in [-0.3, -0.25) is 4.79 Å². The van der Waals surface area contributed by atoms with Crippen LogP contribution in [0, 0.1) is 0 Å². The minimum atomic E-state index is -0.592.